The van der Waals surface area contributed by atoms with Gasteiger partial charge in [0.15, 0.2) is 5.82 Å². The second-order valence-corrected chi connectivity index (χ2v) is 4.84. The minimum absolute atomic E-state index is 0.0740. The van der Waals surface area contributed by atoms with Gasteiger partial charge in [-0.15, -0.1) is 0 Å². The van der Waals surface area contributed by atoms with Crippen LogP contribution in [0.3, 0.4) is 0 Å². The monoisotopic (exact) mass is 259 g/mol. The molecule has 0 spiro atoms. The van der Waals surface area contributed by atoms with Crippen molar-refractivity contribution in [3.05, 3.63) is 24.4 Å². The number of hydrogen-bond acceptors (Lipinski definition) is 3. The summed E-state index contributed by atoms with van der Waals surface area (Å²) in [5.74, 6) is 0.825. The first-order valence-electron chi connectivity index (χ1n) is 6.58. The Morgan fingerprint density at radius 1 is 1.37 bits per heavy atom. The third kappa shape index (κ3) is 2.14. The number of hydrogen-bond donors (Lipinski definition) is 2. The standard InChI is InChI=1S/C13H17N5O/c1-9-11(17-8-16-9)12-14-6-7-18(12)10-4-2-3-5-15-13(10)19/h6-8,10H,2-5H2,1H3,(H,15,19)(H,16,17)/t10-/m0/s1. The lowest BCUT2D eigenvalue weighted by molar-refractivity contribution is -0.124. The van der Waals surface area contributed by atoms with Crippen molar-refractivity contribution in [2.45, 2.75) is 32.2 Å². The highest BCUT2D eigenvalue weighted by Gasteiger charge is 2.25. The van der Waals surface area contributed by atoms with E-state index < -0.39 is 0 Å². The number of amides is 1. The lowest BCUT2D eigenvalue weighted by atomic mass is 10.1. The Bertz CT molecular complexity index is 585. The number of aromatic amines is 1. The normalized spacial score (nSPS) is 20.1. The Hall–Kier alpha value is -2.11. The summed E-state index contributed by atoms with van der Waals surface area (Å²) in [5.41, 5.74) is 1.77. The molecule has 2 N–H and O–H groups in total. The van der Waals surface area contributed by atoms with E-state index in [1.807, 2.05) is 17.7 Å². The van der Waals surface area contributed by atoms with Gasteiger partial charge >= 0.3 is 0 Å². The fourth-order valence-electron chi connectivity index (χ4n) is 2.52. The van der Waals surface area contributed by atoms with Gasteiger partial charge < -0.3 is 14.9 Å². The number of rotatable bonds is 2. The van der Waals surface area contributed by atoms with Crippen molar-refractivity contribution in [3.8, 4) is 11.5 Å². The van der Waals surface area contributed by atoms with Gasteiger partial charge in [0, 0.05) is 24.6 Å². The highest BCUT2D eigenvalue weighted by molar-refractivity contribution is 5.81. The van der Waals surface area contributed by atoms with Crippen molar-refractivity contribution in [2.75, 3.05) is 6.54 Å². The van der Waals surface area contributed by atoms with Crippen LogP contribution in [0.15, 0.2) is 18.7 Å². The van der Waals surface area contributed by atoms with E-state index in [2.05, 4.69) is 20.3 Å². The maximum atomic E-state index is 12.1. The van der Waals surface area contributed by atoms with Crippen molar-refractivity contribution in [1.82, 2.24) is 24.8 Å². The van der Waals surface area contributed by atoms with Crippen LogP contribution in [0.2, 0.25) is 0 Å². The van der Waals surface area contributed by atoms with Gasteiger partial charge in [-0.3, -0.25) is 4.79 Å². The van der Waals surface area contributed by atoms with Gasteiger partial charge in [-0.2, -0.15) is 0 Å². The molecule has 0 aromatic carbocycles. The molecule has 1 aliphatic heterocycles. The number of aromatic nitrogens is 4. The van der Waals surface area contributed by atoms with E-state index in [-0.39, 0.29) is 11.9 Å². The second kappa shape index (κ2) is 4.87. The number of nitrogens with zero attached hydrogens (tertiary/aromatic N) is 3. The number of carbonyl (C=O) groups is 1. The predicted octanol–water partition coefficient (Wildman–Crippen LogP) is 1.42. The minimum atomic E-state index is -0.184. The molecule has 0 radical (unpaired) electrons. The van der Waals surface area contributed by atoms with Gasteiger partial charge in [0.05, 0.1) is 6.33 Å². The van der Waals surface area contributed by atoms with Crippen LogP contribution in [0.5, 0.6) is 0 Å². The molecular formula is C13H17N5O. The van der Waals surface area contributed by atoms with E-state index in [1.165, 1.54) is 0 Å². The van der Waals surface area contributed by atoms with E-state index in [4.69, 9.17) is 0 Å². The first kappa shape index (κ1) is 12.0. The van der Waals surface area contributed by atoms with Gasteiger partial charge in [0.25, 0.3) is 0 Å². The summed E-state index contributed by atoms with van der Waals surface area (Å²) in [6, 6.07) is -0.184. The van der Waals surface area contributed by atoms with Crippen LogP contribution in [0, 0.1) is 6.92 Å². The largest absolute Gasteiger partial charge is 0.354 e. The molecule has 0 unspecified atom stereocenters. The van der Waals surface area contributed by atoms with Crippen LogP contribution in [0.25, 0.3) is 11.5 Å². The molecule has 2 aromatic rings. The highest BCUT2D eigenvalue weighted by Crippen LogP contribution is 2.25. The molecule has 100 valence electrons. The Morgan fingerprint density at radius 3 is 3.05 bits per heavy atom. The molecule has 1 atom stereocenters. The van der Waals surface area contributed by atoms with Crippen LogP contribution in [0.4, 0.5) is 0 Å². The summed E-state index contributed by atoms with van der Waals surface area (Å²) in [7, 11) is 0. The summed E-state index contributed by atoms with van der Waals surface area (Å²) < 4.78 is 1.93. The molecule has 3 rings (SSSR count). The summed E-state index contributed by atoms with van der Waals surface area (Å²) >= 11 is 0. The molecule has 6 heteroatoms. The smallest absolute Gasteiger partial charge is 0.243 e. The zero-order valence-electron chi connectivity index (χ0n) is 10.9. The highest BCUT2D eigenvalue weighted by atomic mass is 16.2. The van der Waals surface area contributed by atoms with Gasteiger partial charge in [-0.1, -0.05) is 0 Å². The molecule has 19 heavy (non-hydrogen) atoms. The fraction of sp³-hybridized carbons (Fsp3) is 0.462. The number of imidazole rings is 2. The van der Waals surface area contributed by atoms with E-state index in [0.717, 1.165) is 43.0 Å². The molecule has 1 aliphatic rings. The van der Waals surface area contributed by atoms with Gasteiger partial charge in [0.1, 0.15) is 11.7 Å². The lowest BCUT2D eigenvalue weighted by Gasteiger charge is -2.17. The molecule has 3 heterocycles. The van der Waals surface area contributed by atoms with Crippen molar-refractivity contribution in [3.63, 3.8) is 0 Å². The van der Waals surface area contributed by atoms with Gasteiger partial charge in [0.2, 0.25) is 5.91 Å². The van der Waals surface area contributed by atoms with Gasteiger partial charge in [-0.05, 0) is 26.2 Å². The molecule has 2 aromatic heterocycles. The van der Waals surface area contributed by atoms with Crippen LogP contribution >= 0.6 is 0 Å². The van der Waals surface area contributed by atoms with Crippen LogP contribution < -0.4 is 5.32 Å². The number of nitrogens with one attached hydrogen (secondary N) is 2. The minimum Gasteiger partial charge on any atom is -0.354 e. The fourth-order valence-corrected chi connectivity index (χ4v) is 2.52. The number of H-pyrrole nitrogens is 1. The number of aryl methyl sites for hydroxylation is 1. The molecule has 1 fully saturated rings. The van der Waals surface area contributed by atoms with Crippen molar-refractivity contribution < 1.29 is 4.79 Å². The maximum Gasteiger partial charge on any atom is 0.243 e. The quantitative estimate of drug-likeness (QED) is 0.856. The summed E-state index contributed by atoms with van der Waals surface area (Å²) in [4.78, 5) is 23.8. The van der Waals surface area contributed by atoms with Crippen molar-refractivity contribution in [1.29, 1.82) is 0 Å². The first-order valence-corrected chi connectivity index (χ1v) is 6.58. The van der Waals surface area contributed by atoms with Crippen LogP contribution in [-0.4, -0.2) is 32.0 Å². The molecule has 1 amide bonds. The zero-order chi connectivity index (χ0) is 13.2. The predicted molar refractivity (Wildman–Crippen MR) is 70.4 cm³/mol. The van der Waals surface area contributed by atoms with E-state index >= 15 is 0 Å². The molecular weight excluding hydrogens is 242 g/mol. The van der Waals surface area contributed by atoms with Crippen molar-refractivity contribution in [2.24, 2.45) is 0 Å². The third-order valence-electron chi connectivity index (χ3n) is 3.55. The van der Waals surface area contributed by atoms with E-state index in [0.29, 0.717) is 0 Å². The Labute approximate surface area is 111 Å². The van der Waals surface area contributed by atoms with Crippen LogP contribution in [0.1, 0.15) is 31.0 Å². The van der Waals surface area contributed by atoms with Crippen LogP contribution in [-0.2, 0) is 4.79 Å². The zero-order valence-corrected chi connectivity index (χ0v) is 10.9. The summed E-state index contributed by atoms with van der Waals surface area (Å²) in [6.07, 6.45) is 8.16. The third-order valence-corrected chi connectivity index (χ3v) is 3.55. The summed E-state index contributed by atoms with van der Waals surface area (Å²) in [6.45, 7) is 2.72. The second-order valence-electron chi connectivity index (χ2n) is 4.84. The SMILES string of the molecule is Cc1[nH]cnc1-c1nccn1[C@H]1CCCCNC1=O. The Balaban J connectivity index is 2.00. The van der Waals surface area contributed by atoms with E-state index in [9.17, 15) is 4.79 Å². The molecule has 1 saturated heterocycles. The molecule has 0 bridgehead atoms. The van der Waals surface area contributed by atoms with Crippen molar-refractivity contribution >= 4 is 5.91 Å². The maximum absolute atomic E-state index is 12.1. The first-order chi connectivity index (χ1) is 9.27. The Morgan fingerprint density at radius 2 is 2.26 bits per heavy atom. The topological polar surface area (TPSA) is 75.6 Å². The average molecular weight is 259 g/mol. The summed E-state index contributed by atoms with van der Waals surface area (Å²) in [5, 5.41) is 2.95. The molecule has 6 nitrogen and oxygen atoms in total. The average Bonchev–Trinajstić information content (AvgIpc) is 2.97. The molecule has 0 saturated carbocycles. The molecule has 0 aliphatic carbocycles. The van der Waals surface area contributed by atoms with E-state index in [1.54, 1.807) is 12.5 Å². The Kier molecular flexibility index (Phi) is 3.06. The lowest BCUT2D eigenvalue weighted by Crippen LogP contribution is -2.31. The van der Waals surface area contributed by atoms with Gasteiger partial charge in [-0.25, -0.2) is 9.97 Å². The number of carbonyl (C=O) groups excluding carboxylic acids is 1.